The molecule has 2 heterocycles. The van der Waals surface area contributed by atoms with Crippen LogP contribution in [0.25, 0.3) is 5.76 Å². The van der Waals surface area contributed by atoms with Gasteiger partial charge in [-0.25, -0.2) is 9.78 Å². The van der Waals surface area contributed by atoms with Crippen LogP contribution < -0.4 is 14.4 Å². The van der Waals surface area contributed by atoms with Crippen LogP contribution in [-0.4, -0.2) is 47.6 Å². The molecule has 1 saturated heterocycles. The van der Waals surface area contributed by atoms with E-state index < -0.39 is 23.7 Å². The number of nitrogens with zero attached hydrogens (tertiary/aromatic N) is 2. The van der Waals surface area contributed by atoms with Crippen LogP contribution in [0.15, 0.2) is 54.1 Å². The Bertz CT molecular complexity index is 1430. The molecule has 1 fully saturated rings. The van der Waals surface area contributed by atoms with Crippen LogP contribution in [0.3, 0.4) is 0 Å². The number of amides is 1. The Morgan fingerprint density at radius 3 is 2.45 bits per heavy atom. The molecule has 210 valence electrons. The standard InChI is InChI=1S/C30H32N2O7S/c1-5-8-16-39-22-11-9-10-20(17-22)25(33)23-24(19-12-14-21(15-13-19)37-6-2)32(28(35)26(23)34)30-31-18(4)27(40-30)29(36)38-7-3/h9-15,17,24,33H,5-8,16H2,1-4H3. The van der Waals surface area contributed by atoms with E-state index >= 15 is 0 Å². The molecule has 3 aromatic rings. The number of hydrogen-bond acceptors (Lipinski definition) is 9. The van der Waals surface area contributed by atoms with Crippen LogP contribution in [0.5, 0.6) is 11.5 Å². The second-order valence-electron chi connectivity index (χ2n) is 9.03. The molecule has 1 aromatic heterocycles. The molecular formula is C30H32N2O7S. The lowest BCUT2D eigenvalue weighted by molar-refractivity contribution is -0.132. The van der Waals surface area contributed by atoms with E-state index in [-0.39, 0.29) is 27.9 Å². The first kappa shape index (κ1) is 28.8. The number of rotatable bonds is 11. The summed E-state index contributed by atoms with van der Waals surface area (Å²) in [6.07, 6.45) is 1.85. The van der Waals surface area contributed by atoms with Gasteiger partial charge >= 0.3 is 11.9 Å². The highest BCUT2D eigenvalue weighted by atomic mass is 32.1. The molecule has 4 rings (SSSR count). The van der Waals surface area contributed by atoms with Crippen LogP contribution in [0.1, 0.15) is 66.1 Å². The third-order valence-electron chi connectivity index (χ3n) is 6.28. The minimum atomic E-state index is -0.999. The van der Waals surface area contributed by atoms with Crippen molar-refractivity contribution in [1.82, 2.24) is 4.98 Å². The largest absolute Gasteiger partial charge is 0.507 e. The number of unbranched alkanes of at least 4 members (excludes halogenated alkanes) is 1. The number of ether oxygens (including phenoxy) is 3. The van der Waals surface area contributed by atoms with Crippen molar-refractivity contribution in [3.05, 3.63) is 75.8 Å². The Hall–Kier alpha value is -4.18. The molecule has 0 radical (unpaired) electrons. The monoisotopic (exact) mass is 564 g/mol. The van der Waals surface area contributed by atoms with Crippen LogP contribution >= 0.6 is 11.3 Å². The summed E-state index contributed by atoms with van der Waals surface area (Å²) in [6.45, 7) is 8.44. The molecular weight excluding hydrogens is 532 g/mol. The molecule has 40 heavy (non-hydrogen) atoms. The predicted octanol–water partition coefficient (Wildman–Crippen LogP) is 5.83. The van der Waals surface area contributed by atoms with Gasteiger partial charge in [0, 0.05) is 5.56 Å². The zero-order chi connectivity index (χ0) is 28.8. The van der Waals surface area contributed by atoms with E-state index in [0.717, 1.165) is 24.2 Å². The summed E-state index contributed by atoms with van der Waals surface area (Å²) >= 11 is 0.962. The van der Waals surface area contributed by atoms with Gasteiger partial charge in [0.15, 0.2) is 5.13 Å². The number of Topliss-reactive ketones (excluding diaryl/α,β-unsaturated/α-hetero) is 1. The quantitative estimate of drug-likeness (QED) is 0.102. The fraction of sp³-hybridized carbons (Fsp3) is 0.333. The number of anilines is 1. The summed E-state index contributed by atoms with van der Waals surface area (Å²) in [6, 6.07) is 12.7. The number of aromatic nitrogens is 1. The third kappa shape index (κ3) is 5.86. The van der Waals surface area contributed by atoms with Gasteiger partial charge in [0.05, 0.1) is 37.1 Å². The van der Waals surface area contributed by atoms with Crippen molar-refractivity contribution in [3.8, 4) is 11.5 Å². The van der Waals surface area contributed by atoms with Gasteiger partial charge in [-0.15, -0.1) is 0 Å². The highest BCUT2D eigenvalue weighted by Gasteiger charge is 2.48. The first-order valence-electron chi connectivity index (χ1n) is 13.2. The van der Waals surface area contributed by atoms with E-state index in [1.807, 2.05) is 6.92 Å². The number of carbonyl (C=O) groups excluding carboxylic acids is 3. The fourth-order valence-electron chi connectivity index (χ4n) is 4.35. The number of thiazole rings is 1. The summed E-state index contributed by atoms with van der Waals surface area (Å²) in [5, 5.41) is 11.6. The molecule has 1 amide bonds. The SMILES string of the molecule is CCCCOc1cccc(C(O)=C2C(=O)C(=O)N(c3nc(C)c(C(=O)OCC)s3)C2c2ccc(OCC)cc2)c1. The third-order valence-corrected chi connectivity index (χ3v) is 7.41. The molecule has 0 saturated carbocycles. The molecule has 1 N–H and O–H groups in total. The van der Waals surface area contributed by atoms with Gasteiger partial charge in [-0.05, 0) is 57.0 Å². The fourth-order valence-corrected chi connectivity index (χ4v) is 5.34. The number of aryl methyl sites for hydroxylation is 1. The van der Waals surface area contributed by atoms with Crippen LogP contribution in [0, 0.1) is 6.92 Å². The number of carbonyl (C=O) groups is 3. The Balaban J connectivity index is 1.84. The Morgan fingerprint density at radius 1 is 1.02 bits per heavy atom. The van der Waals surface area contributed by atoms with E-state index in [9.17, 15) is 19.5 Å². The van der Waals surface area contributed by atoms with Crippen molar-refractivity contribution in [3.63, 3.8) is 0 Å². The van der Waals surface area contributed by atoms with Crippen molar-refractivity contribution in [1.29, 1.82) is 0 Å². The second kappa shape index (κ2) is 12.8. The summed E-state index contributed by atoms with van der Waals surface area (Å²) in [7, 11) is 0. The number of hydrogen-bond donors (Lipinski definition) is 1. The molecule has 0 bridgehead atoms. The molecule has 10 heteroatoms. The lowest BCUT2D eigenvalue weighted by atomic mass is 9.95. The van der Waals surface area contributed by atoms with Crippen LogP contribution in [-0.2, 0) is 14.3 Å². The number of benzene rings is 2. The topological polar surface area (TPSA) is 115 Å². The van der Waals surface area contributed by atoms with Crippen molar-refractivity contribution in [2.24, 2.45) is 0 Å². The lowest BCUT2D eigenvalue weighted by Crippen LogP contribution is -2.29. The highest BCUT2D eigenvalue weighted by Crippen LogP contribution is 2.44. The van der Waals surface area contributed by atoms with E-state index in [1.165, 1.54) is 4.90 Å². The first-order valence-corrected chi connectivity index (χ1v) is 14.0. The Labute approximate surface area is 237 Å². The van der Waals surface area contributed by atoms with Gasteiger partial charge in [0.2, 0.25) is 0 Å². The molecule has 0 aliphatic carbocycles. The number of aliphatic hydroxyl groups excluding tert-OH is 1. The van der Waals surface area contributed by atoms with Crippen LogP contribution in [0.4, 0.5) is 5.13 Å². The minimum Gasteiger partial charge on any atom is -0.507 e. The predicted molar refractivity (Wildman–Crippen MR) is 152 cm³/mol. The molecule has 0 spiro atoms. The van der Waals surface area contributed by atoms with Crippen molar-refractivity contribution >= 4 is 39.9 Å². The minimum absolute atomic E-state index is 0.0922. The molecule has 1 atom stereocenters. The Kier molecular flexibility index (Phi) is 9.21. The highest BCUT2D eigenvalue weighted by molar-refractivity contribution is 7.17. The number of aliphatic hydroxyl groups is 1. The zero-order valence-corrected chi connectivity index (χ0v) is 23.7. The van der Waals surface area contributed by atoms with E-state index in [0.29, 0.717) is 41.5 Å². The average molecular weight is 565 g/mol. The van der Waals surface area contributed by atoms with Crippen molar-refractivity contribution in [2.45, 2.75) is 46.6 Å². The average Bonchev–Trinajstić information content (AvgIpc) is 3.46. The van der Waals surface area contributed by atoms with Gasteiger partial charge in [-0.2, -0.15) is 0 Å². The maximum atomic E-state index is 13.5. The lowest BCUT2D eigenvalue weighted by Gasteiger charge is -2.23. The molecule has 9 nitrogen and oxygen atoms in total. The summed E-state index contributed by atoms with van der Waals surface area (Å²) in [5.74, 6) is -1.45. The molecule has 2 aromatic carbocycles. The molecule has 1 unspecified atom stereocenters. The first-order chi connectivity index (χ1) is 19.3. The van der Waals surface area contributed by atoms with Crippen molar-refractivity contribution in [2.75, 3.05) is 24.7 Å². The van der Waals surface area contributed by atoms with E-state index in [1.54, 1.807) is 62.4 Å². The van der Waals surface area contributed by atoms with Gasteiger partial charge in [0.25, 0.3) is 5.78 Å². The maximum absolute atomic E-state index is 13.5. The maximum Gasteiger partial charge on any atom is 0.350 e. The Morgan fingerprint density at radius 2 is 1.77 bits per heavy atom. The van der Waals surface area contributed by atoms with E-state index in [4.69, 9.17) is 14.2 Å². The summed E-state index contributed by atoms with van der Waals surface area (Å²) in [5.41, 5.74) is 1.18. The zero-order valence-electron chi connectivity index (χ0n) is 22.9. The van der Waals surface area contributed by atoms with Crippen LogP contribution in [0.2, 0.25) is 0 Å². The molecule has 1 aliphatic heterocycles. The smallest absolute Gasteiger partial charge is 0.350 e. The number of ketones is 1. The van der Waals surface area contributed by atoms with E-state index in [2.05, 4.69) is 11.9 Å². The van der Waals surface area contributed by atoms with Gasteiger partial charge < -0.3 is 19.3 Å². The van der Waals surface area contributed by atoms with Gasteiger partial charge in [0.1, 0.15) is 22.1 Å². The van der Waals surface area contributed by atoms with Crippen molar-refractivity contribution < 1.29 is 33.7 Å². The summed E-state index contributed by atoms with van der Waals surface area (Å²) < 4.78 is 16.5. The van der Waals surface area contributed by atoms with Gasteiger partial charge in [-0.1, -0.05) is 48.9 Å². The van der Waals surface area contributed by atoms with Gasteiger partial charge in [-0.3, -0.25) is 14.5 Å². The number of esters is 1. The normalized spacial score (nSPS) is 16.3. The summed E-state index contributed by atoms with van der Waals surface area (Å²) in [4.78, 5) is 45.4. The second-order valence-corrected chi connectivity index (χ2v) is 10.0. The molecule has 1 aliphatic rings.